The predicted octanol–water partition coefficient (Wildman–Crippen LogP) is 5.67. The van der Waals surface area contributed by atoms with Gasteiger partial charge in [0.1, 0.15) is 11.9 Å². The zero-order valence-corrected chi connectivity index (χ0v) is 21.3. The van der Waals surface area contributed by atoms with Gasteiger partial charge in [0.15, 0.2) is 0 Å². The van der Waals surface area contributed by atoms with E-state index in [1.165, 1.54) is 5.56 Å². The van der Waals surface area contributed by atoms with Gasteiger partial charge in [-0.05, 0) is 60.6 Å². The minimum Gasteiger partial charge on any atom is -0.497 e. The van der Waals surface area contributed by atoms with Crippen molar-refractivity contribution in [3.05, 3.63) is 48.7 Å². The van der Waals surface area contributed by atoms with Crippen LogP contribution in [0.3, 0.4) is 0 Å². The lowest BCUT2D eigenvalue weighted by Crippen LogP contribution is -2.44. The molecule has 0 bridgehead atoms. The molecule has 0 aliphatic carbocycles. The highest BCUT2D eigenvalue weighted by Crippen LogP contribution is 2.47. The maximum Gasteiger partial charge on any atom is 0.409 e. The van der Waals surface area contributed by atoms with Gasteiger partial charge in [0.25, 0.3) is 0 Å². The number of piperidine rings is 1. The van der Waals surface area contributed by atoms with E-state index in [0.29, 0.717) is 19.1 Å². The number of aromatic nitrogens is 1. The standard InChI is InChI=1S/C26H36N2O4Si/c1-6-18-17-28(26(29)31-13-14-33(3,4)5)12-10-19(18)15-24-25(32-24)21-9-11-27-23-8-7-20(30-2)16-22(21)23/h6-9,11,16,18-19,24-25H,1,10,12-15,17H2,2-5H3/t18-,19-,24+,25+/m0/s1. The van der Waals surface area contributed by atoms with Crippen molar-refractivity contribution in [3.8, 4) is 5.75 Å². The Bertz CT molecular complexity index is 1010. The van der Waals surface area contributed by atoms with Gasteiger partial charge < -0.3 is 19.1 Å². The van der Waals surface area contributed by atoms with Gasteiger partial charge in [-0.25, -0.2) is 4.79 Å². The van der Waals surface area contributed by atoms with Crippen molar-refractivity contribution in [2.45, 2.75) is 50.7 Å². The molecule has 0 saturated carbocycles. The summed E-state index contributed by atoms with van der Waals surface area (Å²) in [5.41, 5.74) is 2.12. The number of carbonyl (C=O) groups is 1. The van der Waals surface area contributed by atoms with Crippen LogP contribution in [0.4, 0.5) is 4.79 Å². The van der Waals surface area contributed by atoms with E-state index in [-0.39, 0.29) is 24.2 Å². The van der Waals surface area contributed by atoms with Crippen LogP contribution in [0, 0.1) is 11.8 Å². The molecule has 2 aromatic rings. The second kappa shape index (κ2) is 9.85. The number of amides is 1. The fourth-order valence-corrected chi connectivity index (χ4v) is 5.42. The van der Waals surface area contributed by atoms with Crippen molar-refractivity contribution in [1.29, 1.82) is 0 Å². The first kappa shape index (κ1) is 23.8. The van der Waals surface area contributed by atoms with Gasteiger partial charge in [0.2, 0.25) is 0 Å². The predicted molar refractivity (Wildman–Crippen MR) is 133 cm³/mol. The Balaban J connectivity index is 1.34. The number of rotatable bonds is 8. The van der Waals surface area contributed by atoms with E-state index >= 15 is 0 Å². The van der Waals surface area contributed by atoms with Crippen molar-refractivity contribution in [2.24, 2.45) is 11.8 Å². The molecule has 3 heterocycles. The van der Waals surface area contributed by atoms with E-state index in [2.05, 4.69) is 37.3 Å². The maximum absolute atomic E-state index is 12.5. The number of fused-ring (bicyclic) bond motifs is 1. The summed E-state index contributed by atoms with van der Waals surface area (Å²) in [6.07, 6.45) is 5.83. The molecule has 1 aromatic heterocycles. The summed E-state index contributed by atoms with van der Waals surface area (Å²) in [5.74, 6) is 1.53. The summed E-state index contributed by atoms with van der Waals surface area (Å²) < 4.78 is 17.1. The molecule has 7 heteroatoms. The number of likely N-dealkylation sites (tertiary alicyclic amines) is 1. The first-order valence-corrected chi connectivity index (χ1v) is 15.6. The smallest absolute Gasteiger partial charge is 0.409 e. The summed E-state index contributed by atoms with van der Waals surface area (Å²) in [4.78, 5) is 18.9. The van der Waals surface area contributed by atoms with Crippen LogP contribution >= 0.6 is 0 Å². The topological polar surface area (TPSA) is 64.2 Å². The third-order valence-electron chi connectivity index (χ3n) is 6.85. The summed E-state index contributed by atoms with van der Waals surface area (Å²) in [5, 5.41) is 1.08. The number of methoxy groups -OCH3 is 1. The Morgan fingerprint density at radius 1 is 1.33 bits per heavy atom. The summed E-state index contributed by atoms with van der Waals surface area (Å²) >= 11 is 0. The number of nitrogens with zero attached hydrogens (tertiary/aromatic N) is 2. The quantitative estimate of drug-likeness (QED) is 0.284. The van der Waals surface area contributed by atoms with E-state index in [0.717, 1.165) is 42.1 Å². The minimum absolute atomic E-state index is 0.0811. The van der Waals surface area contributed by atoms with Crippen LogP contribution in [0.2, 0.25) is 25.7 Å². The molecule has 0 N–H and O–H groups in total. The van der Waals surface area contributed by atoms with Gasteiger partial charge in [-0.1, -0.05) is 25.7 Å². The monoisotopic (exact) mass is 468 g/mol. The van der Waals surface area contributed by atoms with Crippen molar-refractivity contribution < 1.29 is 19.0 Å². The highest BCUT2D eigenvalue weighted by atomic mass is 28.3. The van der Waals surface area contributed by atoms with Crippen molar-refractivity contribution in [1.82, 2.24) is 9.88 Å². The number of pyridine rings is 1. The Hall–Kier alpha value is -2.38. The Morgan fingerprint density at radius 3 is 2.88 bits per heavy atom. The molecule has 0 unspecified atom stereocenters. The molecule has 0 radical (unpaired) electrons. The molecule has 0 spiro atoms. The lowest BCUT2D eigenvalue weighted by Gasteiger charge is -2.36. The average Bonchev–Trinajstić information content (AvgIpc) is 3.56. The highest BCUT2D eigenvalue weighted by Gasteiger charge is 2.44. The van der Waals surface area contributed by atoms with Crippen LogP contribution in [0.25, 0.3) is 10.9 Å². The van der Waals surface area contributed by atoms with Crippen molar-refractivity contribution in [2.75, 3.05) is 26.8 Å². The summed E-state index contributed by atoms with van der Waals surface area (Å²) in [6.45, 7) is 12.8. The number of hydrogen-bond acceptors (Lipinski definition) is 5. The molecule has 6 nitrogen and oxygen atoms in total. The van der Waals surface area contributed by atoms with Gasteiger partial charge in [-0.3, -0.25) is 4.98 Å². The average molecular weight is 469 g/mol. The van der Waals surface area contributed by atoms with E-state index in [1.807, 2.05) is 35.4 Å². The SMILES string of the molecule is C=C[C@H]1CN(C(=O)OCC[Si](C)(C)C)CC[C@H]1C[C@H]1O[C@@H]1c1ccnc2ccc(OC)cc12. The van der Waals surface area contributed by atoms with Crippen LogP contribution in [-0.2, 0) is 9.47 Å². The first-order chi connectivity index (χ1) is 15.8. The van der Waals surface area contributed by atoms with Crippen LogP contribution in [0.1, 0.15) is 24.5 Å². The molecule has 2 saturated heterocycles. The van der Waals surface area contributed by atoms with Gasteiger partial charge in [-0.15, -0.1) is 6.58 Å². The molecule has 33 heavy (non-hydrogen) atoms. The number of carbonyl (C=O) groups excluding carboxylic acids is 1. The van der Waals surface area contributed by atoms with Gasteiger partial charge in [0, 0.05) is 32.7 Å². The molecule has 2 aliphatic heterocycles. The van der Waals surface area contributed by atoms with Gasteiger partial charge in [-0.2, -0.15) is 0 Å². The molecule has 1 aromatic carbocycles. The third kappa shape index (κ3) is 5.76. The van der Waals surface area contributed by atoms with Crippen LogP contribution in [0.15, 0.2) is 43.1 Å². The third-order valence-corrected chi connectivity index (χ3v) is 8.56. The molecular formula is C26H36N2O4Si. The van der Waals surface area contributed by atoms with Crippen molar-refractivity contribution >= 4 is 25.1 Å². The van der Waals surface area contributed by atoms with Crippen molar-refractivity contribution in [3.63, 3.8) is 0 Å². The van der Waals surface area contributed by atoms with E-state index in [4.69, 9.17) is 14.2 Å². The summed E-state index contributed by atoms with van der Waals surface area (Å²) in [7, 11) is 0.468. The Labute approximate surface area is 197 Å². The molecular weight excluding hydrogens is 432 g/mol. The maximum atomic E-state index is 12.5. The molecule has 4 rings (SSSR count). The van der Waals surface area contributed by atoms with E-state index < -0.39 is 8.07 Å². The number of hydrogen-bond donors (Lipinski definition) is 0. The zero-order valence-electron chi connectivity index (χ0n) is 20.3. The van der Waals surface area contributed by atoms with Crippen LogP contribution in [0.5, 0.6) is 5.75 Å². The molecule has 1 amide bonds. The molecule has 2 fully saturated rings. The second-order valence-corrected chi connectivity index (χ2v) is 16.1. The Morgan fingerprint density at radius 2 is 2.15 bits per heavy atom. The zero-order chi connectivity index (χ0) is 23.6. The number of benzene rings is 1. The fraction of sp³-hybridized carbons (Fsp3) is 0.538. The molecule has 4 atom stereocenters. The molecule has 178 valence electrons. The normalized spacial score (nSPS) is 25.0. The minimum atomic E-state index is -1.21. The van der Waals surface area contributed by atoms with Crippen LogP contribution in [-0.4, -0.2) is 57.0 Å². The lowest BCUT2D eigenvalue weighted by atomic mass is 9.81. The van der Waals surface area contributed by atoms with Gasteiger partial charge >= 0.3 is 6.09 Å². The lowest BCUT2D eigenvalue weighted by molar-refractivity contribution is 0.0777. The molecule has 2 aliphatic rings. The number of ether oxygens (including phenoxy) is 3. The summed E-state index contributed by atoms with van der Waals surface area (Å²) in [6, 6.07) is 9.01. The largest absolute Gasteiger partial charge is 0.497 e. The second-order valence-electron chi connectivity index (χ2n) is 10.4. The van der Waals surface area contributed by atoms with Crippen LogP contribution < -0.4 is 4.74 Å². The van der Waals surface area contributed by atoms with Gasteiger partial charge in [0.05, 0.1) is 25.3 Å². The van der Waals surface area contributed by atoms with E-state index in [1.54, 1.807) is 7.11 Å². The Kier molecular flexibility index (Phi) is 7.09. The first-order valence-electron chi connectivity index (χ1n) is 11.9. The number of epoxide rings is 1. The fourth-order valence-electron chi connectivity index (χ4n) is 4.71. The highest BCUT2D eigenvalue weighted by molar-refractivity contribution is 6.76. The van der Waals surface area contributed by atoms with E-state index in [9.17, 15) is 4.79 Å².